The second-order valence-electron chi connectivity index (χ2n) is 10.3. The van der Waals surface area contributed by atoms with Crippen molar-refractivity contribution < 1.29 is 19.4 Å². The van der Waals surface area contributed by atoms with Gasteiger partial charge in [0.1, 0.15) is 18.0 Å². The monoisotopic (exact) mass is 482 g/mol. The zero-order chi connectivity index (χ0) is 26.0. The normalized spacial score (nSPS) is 13.3. The molecule has 0 bridgehead atoms. The third-order valence-electron chi connectivity index (χ3n) is 5.40. The Morgan fingerprint density at radius 3 is 2.54 bits per heavy atom. The zero-order valence-corrected chi connectivity index (χ0v) is 22.1. The molecule has 1 amide bonds. The topological polar surface area (TPSA) is 79.8 Å². The summed E-state index contributed by atoms with van der Waals surface area (Å²) >= 11 is 0. The molecular weight excluding hydrogens is 440 g/mol. The van der Waals surface area contributed by atoms with E-state index in [4.69, 9.17) is 9.47 Å². The summed E-state index contributed by atoms with van der Waals surface area (Å²) in [6, 6.07) is 13.8. The second-order valence-corrected chi connectivity index (χ2v) is 10.3. The third-order valence-corrected chi connectivity index (χ3v) is 5.40. The van der Waals surface area contributed by atoms with Gasteiger partial charge >= 0.3 is 6.09 Å². The van der Waals surface area contributed by atoms with Crippen LogP contribution in [0.4, 0.5) is 4.79 Å². The van der Waals surface area contributed by atoms with E-state index < -0.39 is 23.8 Å². The molecule has 0 heterocycles. The van der Waals surface area contributed by atoms with Gasteiger partial charge in [-0.25, -0.2) is 4.79 Å². The second kappa shape index (κ2) is 13.3. The Balaban J connectivity index is 2.11. The van der Waals surface area contributed by atoms with Crippen LogP contribution in [-0.2, 0) is 17.7 Å². The number of aryl methyl sites for hydroxylation is 1. The van der Waals surface area contributed by atoms with Crippen LogP contribution in [-0.4, -0.2) is 42.1 Å². The molecule has 6 heteroatoms. The molecule has 0 saturated heterocycles. The van der Waals surface area contributed by atoms with Gasteiger partial charge in [0.2, 0.25) is 0 Å². The van der Waals surface area contributed by atoms with Gasteiger partial charge in [-0.1, -0.05) is 56.8 Å². The van der Waals surface area contributed by atoms with Gasteiger partial charge in [0, 0.05) is 13.1 Å². The van der Waals surface area contributed by atoms with Crippen molar-refractivity contribution in [3.8, 4) is 5.75 Å². The van der Waals surface area contributed by atoms with Crippen molar-refractivity contribution in [2.24, 2.45) is 0 Å². The number of aliphatic hydroxyl groups is 1. The summed E-state index contributed by atoms with van der Waals surface area (Å²) in [5.41, 5.74) is 3.80. The number of hydrogen-bond donors (Lipinski definition) is 3. The molecule has 2 atom stereocenters. The zero-order valence-electron chi connectivity index (χ0n) is 22.1. The summed E-state index contributed by atoms with van der Waals surface area (Å²) < 4.78 is 11.1. The Kier molecular flexibility index (Phi) is 10.8. The lowest BCUT2D eigenvalue weighted by Gasteiger charge is -2.27. The van der Waals surface area contributed by atoms with E-state index in [1.165, 1.54) is 5.56 Å². The lowest BCUT2D eigenvalue weighted by atomic mass is 9.99. The minimum Gasteiger partial charge on any atom is -0.490 e. The highest BCUT2D eigenvalue weighted by Gasteiger charge is 2.25. The first-order chi connectivity index (χ1) is 16.5. The highest BCUT2D eigenvalue weighted by Crippen LogP contribution is 2.20. The maximum absolute atomic E-state index is 12.5. The van der Waals surface area contributed by atoms with Crippen molar-refractivity contribution in [2.45, 2.75) is 78.2 Å². The molecule has 0 spiro atoms. The number of carbonyl (C=O) groups excluding carboxylic acids is 1. The SMILES string of the molecule is C=CCOc1cc(C)cc(C[C@H](NC(=O)OC(C)(C)C)[C@@H](O)CNCc2cccc(C(C)C)c2)c1. The van der Waals surface area contributed by atoms with Gasteiger partial charge in [0.25, 0.3) is 0 Å². The molecule has 192 valence electrons. The smallest absolute Gasteiger partial charge is 0.407 e. The molecule has 0 saturated carbocycles. The fourth-order valence-electron chi connectivity index (χ4n) is 3.75. The van der Waals surface area contributed by atoms with Crippen molar-refractivity contribution in [1.82, 2.24) is 10.6 Å². The number of aliphatic hydroxyl groups excluding tert-OH is 1. The number of nitrogens with one attached hydrogen (secondary N) is 2. The van der Waals surface area contributed by atoms with Crippen LogP contribution >= 0.6 is 0 Å². The van der Waals surface area contributed by atoms with Gasteiger partial charge in [-0.05, 0) is 74.4 Å². The third kappa shape index (κ3) is 10.5. The van der Waals surface area contributed by atoms with Crippen molar-refractivity contribution in [1.29, 1.82) is 0 Å². The average molecular weight is 483 g/mol. The Bertz CT molecular complexity index is 965. The predicted octanol–water partition coefficient (Wildman–Crippen LogP) is 5.27. The molecule has 35 heavy (non-hydrogen) atoms. The molecule has 6 nitrogen and oxygen atoms in total. The number of carbonyl (C=O) groups is 1. The van der Waals surface area contributed by atoms with E-state index in [9.17, 15) is 9.90 Å². The van der Waals surface area contributed by atoms with E-state index in [-0.39, 0.29) is 0 Å². The average Bonchev–Trinajstić information content (AvgIpc) is 2.75. The minimum absolute atomic E-state index is 0.317. The van der Waals surface area contributed by atoms with Crippen molar-refractivity contribution in [3.05, 3.63) is 77.4 Å². The number of hydrogen-bond acceptors (Lipinski definition) is 5. The Labute approximate surface area is 210 Å². The molecule has 2 aromatic rings. The molecule has 0 aromatic heterocycles. The molecule has 0 aliphatic heterocycles. The summed E-state index contributed by atoms with van der Waals surface area (Å²) in [6.45, 7) is 16.8. The van der Waals surface area contributed by atoms with Crippen LogP contribution in [0.3, 0.4) is 0 Å². The van der Waals surface area contributed by atoms with E-state index >= 15 is 0 Å². The summed E-state index contributed by atoms with van der Waals surface area (Å²) in [5, 5.41) is 17.2. The molecule has 0 unspecified atom stereocenters. The first kappa shape index (κ1) is 28.4. The fraction of sp³-hybridized carbons (Fsp3) is 0.483. The minimum atomic E-state index is -0.825. The molecule has 0 radical (unpaired) electrons. The fourth-order valence-corrected chi connectivity index (χ4v) is 3.75. The standard InChI is InChI=1S/C29H42N2O4/c1-8-12-34-25-14-21(4)13-23(16-25)17-26(31-28(33)35-29(5,6)7)27(32)19-30-18-22-10-9-11-24(15-22)20(2)3/h8-11,13-16,20,26-27,30,32H,1,12,17-19H2,2-7H3,(H,31,33)/t26-,27-/m0/s1. The molecule has 2 rings (SSSR count). The molecule has 0 aliphatic rings. The quantitative estimate of drug-likeness (QED) is 0.359. The largest absolute Gasteiger partial charge is 0.490 e. The van der Waals surface area contributed by atoms with Crippen LogP contribution in [0, 0.1) is 6.92 Å². The van der Waals surface area contributed by atoms with Crippen LogP contribution in [0.1, 0.15) is 62.8 Å². The molecular formula is C29H42N2O4. The van der Waals surface area contributed by atoms with Gasteiger partial charge in [-0.3, -0.25) is 0 Å². The maximum atomic E-state index is 12.5. The van der Waals surface area contributed by atoms with E-state index in [1.54, 1.807) is 6.08 Å². The van der Waals surface area contributed by atoms with Gasteiger partial charge in [0.15, 0.2) is 0 Å². The summed E-state index contributed by atoms with van der Waals surface area (Å²) in [5.74, 6) is 1.19. The number of rotatable bonds is 12. The van der Waals surface area contributed by atoms with Gasteiger partial charge in [-0.2, -0.15) is 0 Å². The number of alkyl carbamates (subject to hydrolysis) is 1. The lowest BCUT2D eigenvalue weighted by molar-refractivity contribution is 0.0422. The molecule has 2 aromatic carbocycles. The van der Waals surface area contributed by atoms with Gasteiger partial charge < -0.3 is 25.2 Å². The lowest BCUT2D eigenvalue weighted by Crippen LogP contribution is -2.49. The van der Waals surface area contributed by atoms with E-state index in [2.05, 4.69) is 55.3 Å². The Morgan fingerprint density at radius 1 is 1.14 bits per heavy atom. The summed E-state index contributed by atoms with van der Waals surface area (Å²) in [4.78, 5) is 12.5. The molecule has 0 aliphatic carbocycles. The number of benzene rings is 2. The van der Waals surface area contributed by atoms with Crippen LogP contribution in [0.5, 0.6) is 5.75 Å². The van der Waals surface area contributed by atoms with Crippen LogP contribution < -0.4 is 15.4 Å². The Hall–Kier alpha value is -2.83. The van der Waals surface area contributed by atoms with Gasteiger partial charge in [-0.15, -0.1) is 0 Å². The van der Waals surface area contributed by atoms with Crippen LogP contribution in [0.25, 0.3) is 0 Å². The van der Waals surface area contributed by atoms with Crippen molar-refractivity contribution >= 4 is 6.09 Å². The highest BCUT2D eigenvalue weighted by molar-refractivity contribution is 5.68. The summed E-state index contributed by atoms with van der Waals surface area (Å²) in [6.07, 6.45) is 0.744. The predicted molar refractivity (Wildman–Crippen MR) is 142 cm³/mol. The maximum Gasteiger partial charge on any atom is 0.407 e. The molecule has 0 fully saturated rings. The Morgan fingerprint density at radius 2 is 1.89 bits per heavy atom. The first-order valence-electron chi connectivity index (χ1n) is 12.3. The highest BCUT2D eigenvalue weighted by atomic mass is 16.6. The van der Waals surface area contributed by atoms with Crippen molar-refractivity contribution in [2.75, 3.05) is 13.2 Å². The van der Waals surface area contributed by atoms with Crippen LogP contribution in [0.15, 0.2) is 55.1 Å². The number of ether oxygens (including phenoxy) is 2. The number of amides is 1. The van der Waals surface area contributed by atoms with Crippen molar-refractivity contribution in [3.63, 3.8) is 0 Å². The van der Waals surface area contributed by atoms with Crippen LogP contribution in [0.2, 0.25) is 0 Å². The first-order valence-corrected chi connectivity index (χ1v) is 12.3. The van der Waals surface area contributed by atoms with E-state index in [0.29, 0.717) is 32.0 Å². The molecule has 3 N–H and O–H groups in total. The van der Waals surface area contributed by atoms with E-state index in [0.717, 1.165) is 22.4 Å². The summed E-state index contributed by atoms with van der Waals surface area (Å²) in [7, 11) is 0. The van der Waals surface area contributed by atoms with Gasteiger partial charge in [0.05, 0.1) is 12.1 Å². The van der Waals surface area contributed by atoms with E-state index in [1.807, 2.05) is 45.9 Å².